The van der Waals surface area contributed by atoms with Crippen LogP contribution in [0.5, 0.6) is 0 Å². The lowest BCUT2D eigenvalue weighted by Crippen LogP contribution is -2.29. The van der Waals surface area contributed by atoms with Crippen LogP contribution in [0.4, 0.5) is 11.4 Å². The van der Waals surface area contributed by atoms with E-state index < -0.39 is 0 Å². The van der Waals surface area contributed by atoms with E-state index in [4.69, 9.17) is 0 Å². The van der Waals surface area contributed by atoms with Gasteiger partial charge in [0.25, 0.3) is 0 Å². The van der Waals surface area contributed by atoms with Crippen molar-refractivity contribution in [3.05, 3.63) is 36.2 Å². The SMILES string of the molecule is C1=C2Nc3ccccc3N2C1. The molecule has 0 aromatic heterocycles. The van der Waals surface area contributed by atoms with Crippen LogP contribution in [0.2, 0.25) is 0 Å². The van der Waals surface area contributed by atoms with Crippen LogP contribution in [0.25, 0.3) is 0 Å². The fraction of sp³-hybridized carbons (Fsp3) is 0.111. The molecular weight excluding hydrogens is 136 g/mol. The third kappa shape index (κ3) is 0.522. The molecule has 54 valence electrons. The van der Waals surface area contributed by atoms with Crippen molar-refractivity contribution in [1.29, 1.82) is 0 Å². The van der Waals surface area contributed by atoms with Crippen LogP contribution in [0.15, 0.2) is 36.2 Å². The van der Waals surface area contributed by atoms with Gasteiger partial charge < -0.3 is 10.2 Å². The largest absolute Gasteiger partial charge is 0.340 e. The Kier molecular flexibility index (Phi) is 0.756. The molecule has 1 aromatic carbocycles. The third-order valence-electron chi connectivity index (χ3n) is 2.22. The molecular formula is C9H8N2. The van der Waals surface area contributed by atoms with E-state index in [-0.39, 0.29) is 0 Å². The van der Waals surface area contributed by atoms with Gasteiger partial charge in [0.1, 0.15) is 5.82 Å². The van der Waals surface area contributed by atoms with Crippen molar-refractivity contribution in [1.82, 2.24) is 0 Å². The second-order valence-corrected chi connectivity index (χ2v) is 2.84. The number of hydrogen-bond acceptors (Lipinski definition) is 2. The lowest BCUT2D eigenvalue weighted by molar-refractivity contribution is 0.959. The Labute approximate surface area is 65.1 Å². The summed E-state index contributed by atoms with van der Waals surface area (Å²) in [6, 6.07) is 8.37. The maximum absolute atomic E-state index is 3.32. The van der Waals surface area contributed by atoms with Gasteiger partial charge in [0, 0.05) is 6.54 Å². The molecule has 0 saturated carbocycles. The Bertz CT molecular complexity index is 341. The average molecular weight is 144 g/mol. The Morgan fingerprint density at radius 3 is 3.00 bits per heavy atom. The van der Waals surface area contributed by atoms with Gasteiger partial charge in [-0.15, -0.1) is 0 Å². The first-order valence-electron chi connectivity index (χ1n) is 3.79. The first-order chi connectivity index (χ1) is 5.45. The summed E-state index contributed by atoms with van der Waals surface area (Å²) in [7, 11) is 0. The summed E-state index contributed by atoms with van der Waals surface area (Å²) in [6.07, 6.45) is 2.19. The van der Waals surface area contributed by atoms with E-state index in [0.29, 0.717) is 0 Å². The number of para-hydroxylation sites is 2. The smallest absolute Gasteiger partial charge is 0.108 e. The number of benzene rings is 1. The number of nitrogens with zero attached hydrogens (tertiary/aromatic N) is 1. The molecule has 0 radical (unpaired) electrons. The Morgan fingerprint density at radius 2 is 2.18 bits per heavy atom. The number of rotatable bonds is 0. The number of hydrogen-bond donors (Lipinski definition) is 1. The van der Waals surface area contributed by atoms with Gasteiger partial charge in [0.2, 0.25) is 0 Å². The van der Waals surface area contributed by atoms with Crippen LogP contribution in [-0.4, -0.2) is 6.54 Å². The van der Waals surface area contributed by atoms with E-state index in [2.05, 4.69) is 40.6 Å². The average Bonchev–Trinajstić information content (AvgIpc) is 2.23. The van der Waals surface area contributed by atoms with Crippen molar-refractivity contribution in [2.24, 2.45) is 0 Å². The minimum absolute atomic E-state index is 1.05. The monoisotopic (exact) mass is 144 g/mol. The summed E-state index contributed by atoms with van der Waals surface area (Å²) in [4.78, 5) is 2.27. The molecule has 3 rings (SSSR count). The van der Waals surface area contributed by atoms with Crippen LogP contribution in [0.3, 0.4) is 0 Å². The van der Waals surface area contributed by atoms with Gasteiger partial charge in [-0.25, -0.2) is 0 Å². The molecule has 1 aromatic rings. The molecule has 11 heavy (non-hydrogen) atoms. The molecule has 0 unspecified atom stereocenters. The summed E-state index contributed by atoms with van der Waals surface area (Å²) in [5, 5.41) is 3.32. The summed E-state index contributed by atoms with van der Waals surface area (Å²) in [5.74, 6) is 1.24. The van der Waals surface area contributed by atoms with Crippen LogP contribution in [0.1, 0.15) is 0 Å². The van der Waals surface area contributed by atoms with E-state index in [1.807, 2.05) is 0 Å². The van der Waals surface area contributed by atoms with Crippen LogP contribution in [-0.2, 0) is 0 Å². The van der Waals surface area contributed by atoms with E-state index in [0.717, 1.165) is 6.54 Å². The van der Waals surface area contributed by atoms with Crippen LogP contribution < -0.4 is 10.2 Å². The molecule has 0 amide bonds. The maximum atomic E-state index is 3.32. The summed E-state index contributed by atoms with van der Waals surface area (Å²) >= 11 is 0. The topological polar surface area (TPSA) is 15.3 Å². The third-order valence-corrected chi connectivity index (χ3v) is 2.22. The highest BCUT2D eigenvalue weighted by Crippen LogP contribution is 2.39. The quantitative estimate of drug-likeness (QED) is 0.597. The van der Waals surface area contributed by atoms with Crippen LogP contribution >= 0.6 is 0 Å². The predicted molar refractivity (Wildman–Crippen MR) is 45.5 cm³/mol. The molecule has 2 nitrogen and oxygen atoms in total. The predicted octanol–water partition coefficient (Wildman–Crippen LogP) is 1.77. The van der Waals surface area contributed by atoms with Gasteiger partial charge in [-0.05, 0) is 18.2 Å². The molecule has 2 aliphatic heterocycles. The molecule has 1 N–H and O–H groups in total. The van der Waals surface area contributed by atoms with E-state index in [1.54, 1.807) is 0 Å². The lowest BCUT2D eigenvalue weighted by Gasteiger charge is -2.25. The lowest BCUT2D eigenvalue weighted by atomic mass is 10.2. The number of fused-ring (bicyclic) bond motifs is 3. The first-order valence-corrected chi connectivity index (χ1v) is 3.79. The standard InChI is InChI=1S/C9H8N2/c1-2-4-8-7(3-1)10-9-5-6-11(8)9/h1-5,10H,6H2. The molecule has 2 heteroatoms. The molecule has 2 aliphatic rings. The first kappa shape index (κ1) is 5.24. The zero-order valence-corrected chi connectivity index (χ0v) is 6.04. The fourth-order valence-corrected chi connectivity index (χ4v) is 1.57. The molecule has 0 saturated heterocycles. The van der Waals surface area contributed by atoms with E-state index in [1.165, 1.54) is 17.2 Å². The van der Waals surface area contributed by atoms with Crippen molar-refractivity contribution in [2.75, 3.05) is 16.8 Å². The van der Waals surface area contributed by atoms with E-state index >= 15 is 0 Å². The molecule has 2 heterocycles. The second kappa shape index (κ2) is 1.59. The molecule has 0 bridgehead atoms. The summed E-state index contributed by atoms with van der Waals surface area (Å²) in [6.45, 7) is 1.05. The summed E-state index contributed by atoms with van der Waals surface area (Å²) in [5.41, 5.74) is 2.54. The van der Waals surface area contributed by atoms with Gasteiger partial charge in [-0.3, -0.25) is 0 Å². The minimum atomic E-state index is 1.05. The van der Waals surface area contributed by atoms with Crippen molar-refractivity contribution >= 4 is 11.4 Å². The molecule has 0 aliphatic carbocycles. The van der Waals surface area contributed by atoms with Crippen molar-refractivity contribution < 1.29 is 0 Å². The van der Waals surface area contributed by atoms with Gasteiger partial charge in [-0.2, -0.15) is 0 Å². The Balaban J connectivity index is 2.23. The minimum Gasteiger partial charge on any atom is -0.340 e. The van der Waals surface area contributed by atoms with Crippen LogP contribution in [0, 0.1) is 0 Å². The van der Waals surface area contributed by atoms with Crippen molar-refractivity contribution in [2.45, 2.75) is 0 Å². The maximum Gasteiger partial charge on any atom is 0.108 e. The van der Waals surface area contributed by atoms with Gasteiger partial charge in [-0.1, -0.05) is 12.1 Å². The number of anilines is 2. The van der Waals surface area contributed by atoms with E-state index in [9.17, 15) is 0 Å². The zero-order valence-electron chi connectivity index (χ0n) is 6.04. The summed E-state index contributed by atoms with van der Waals surface area (Å²) < 4.78 is 0. The molecule has 0 spiro atoms. The highest BCUT2D eigenvalue weighted by Gasteiger charge is 2.27. The normalized spacial score (nSPS) is 17.8. The zero-order chi connectivity index (χ0) is 7.26. The second-order valence-electron chi connectivity index (χ2n) is 2.84. The van der Waals surface area contributed by atoms with Gasteiger partial charge >= 0.3 is 0 Å². The fourth-order valence-electron chi connectivity index (χ4n) is 1.57. The Morgan fingerprint density at radius 1 is 1.27 bits per heavy atom. The van der Waals surface area contributed by atoms with Gasteiger partial charge in [0.05, 0.1) is 11.4 Å². The van der Waals surface area contributed by atoms with Crippen molar-refractivity contribution in [3.63, 3.8) is 0 Å². The Hall–Kier alpha value is -1.44. The highest BCUT2D eigenvalue weighted by molar-refractivity contribution is 5.83. The highest BCUT2D eigenvalue weighted by atomic mass is 15.3. The van der Waals surface area contributed by atoms with Gasteiger partial charge in [0.15, 0.2) is 0 Å². The van der Waals surface area contributed by atoms with Crippen molar-refractivity contribution in [3.8, 4) is 0 Å². The molecule has 0 atom stereocenters. The molecule has 0 fully saturated rings. The number of nitrogens with one attached hydrogen (secondary N) is 1.